The van der Waals surface area contributed by atoms with Crippen LogP contribution in [-0.4, -0.2) is 38.9 Å². The zero-order valence-electron chi connectivity index (χ0n) is 12.2. The van der Waals surface area contributed by atoms with Gasteiger partial charge in [-0.05, 0) is 32.1 Å². The normalized spacial score (nSPS) is 19.3. The van der Waals surface area contributed by atoms with E-state index in [0.29, 0.717) is 11.0 Å². The Labute approximate surface area is 127 Å². The molecule has 1 saturated heterocycles. The summed E-state index contributed by atoms with van der Waals surface area (Å²) in [5.74, 6) is 0. The first-order chi connectivity index (χ1) is 10.2. The van der Waals surface area contributed by atoms with Crippen LogP contribution >= 0.6 is 11.3 Å². The maximum Gasteiger partial charge on any atom is 0.275 e. The van der Waals surface area contributed by atoms with Crippen molar-refractivity contribution in [2.24, 2.45) is 0 Å². The molecule has 114 valence electrons. The predicted octanol–water partition coefficient (Wildman–Crippen LogP) is 1.45. The number of fused-ring (bicyclic) bond motifs is 1. The second kappa shape index (κ2) is 6.11. The molecule has 1 N–H and O–H groups in total. The average molecular weight is 308 g/mol. The van der Waals surface area contributed by atoms with Crippen molar-refractivity contribution in [1.82, 2.24) is 14.6 Å². The SMILES string of the molecule is CCc1cc(=O)n2nc(N3CCCCC3CCO)sc2n1. The number of piperidine rings is 1. The second-order valence-corrected chi connectivity index (χ2v) is 6.31. The van der Waals surface area contributed by atoms with E-state index in [0.717, 1.165) is 43.1 Å². The number of nitrogens with zero attached hydrogens (tertiary/aromatic N) is 4. The first kappa shape index (κ1) is 14.5. The monoisotopic (exact) mass is 308 g/mol. The van der Waals surface area contributed by atoms with Gasteiger partial charge in [0.1, 0.15) is 0 Å². The van der Waals surface area contributed by atoms with E-state index < -0.39 is 0 Å². The molecule has 0 aromatic carbocycles. The fraction of sp³-hybridized carbons (Fsp3) is 0.643. The molecule has 0 aliphatic carbocycles. The molecule has 3 heterocycles. The Morgan fingerprint density at radius 2 is 2.33 bits per heavy atom. The molecule has 1 fully saturated rings. The first-order valence-corrected chi connectivity index (χ1v) is 8.32. The van der Waals surface area contributed by atoms with E-state index in [4.69, 9.17) is 0 Å². The van der Waals surface area contributed by atoms with E-state index in [1.54, 1.807) is 6.07 Å². The predicted molar refractivity (Wildman–Crippen MR) is 83.2 cm³/mol. The van der Waals surface area contributed by atoms with Crippen LogP contribution in [0.25, 0.3) is 4.96 Å². The molecular weight excluding hydrogens is 288 g/mol. The van der Waals surface area contributed by atoms with Gasteiger partial charge in [0.25, 0.3) is 5.56 Å². The Hall–Kier alpha value is -1.47. The van der Waals surface area contributed by atoms with Crippen LogP contribution in [0, 0.1) is 0 Å². The number of aryl methyl sites for hydroxylation is 1. The van der Waals surface area contributed by atoms with Gasteiger partial charge in [0.2, 0.25) is 10.1 Å². The molecule has 1 unspecified atom stereocenters. The lowest BCUT2D eigenvalue weighted by Gasteiger charge is -2.34. The topological polar surface area (TPSA) is 70.7 Å². The highest BCUT2D eigenvalue weighted by molar-refractivity contribution is 7.20. The fourth-order valence-corrected chi connectivity index (χ4v) is 3.87. The Balaban J connectivity index is 1.99. The minimum absolute atomic E-state index is 0.116. The fourth-order valence-electron chi connectivity index (χ4n) is 2.84. The molecule has 7 heteroatoms. The summed E-state index contributed by atoms with van der Waals surface area (Å²) in [5.41, 5.74) is 0.691. The molecule has 21 heavy (non-hydrogen) atoms. The summed E-state index contributed by atoms with van der Waals surface area (Å²) >= 11 is 1.46. The minimum Gasteiger partial charge on any atom is -0.396 e. The number of aliphatic hydroxyl groups is 1. The van der Waals surface area contributed by atoms with Crippen LogP contribution in [-0.2, 0) is 6.42 Å². The van der Waals surface area contributed by atoms with Gasteiger partial charge in [-0.3, -0.25) is 4.79 Å². The molecule has 0 radical (unpaired) electrons. The Bertz CT molecular complexity index is 679. The van der Waals surface area contributed by atoms with Crippen molar-refractivity contribution in [2.75, 3.05) is 18.1 Å². The molecule has 2 aromatic rings. The summed E-state index contributed by atoms with van der Waals surface area (Å²) in [6.45, 7) is 3.10. The van der Waals surface area contributed by atoms with Crippen LogP contribution in [0.3, 0.4) is 0 Å². The van der Waals surface area contributed by atoms with Gasteiger partial charge in [-0.2, -0.15) is 4.52 Å². The summed E-state index contributed by atoms with van der Waals surface area (Å²) in [4.78, 5) is 19.4. The van der Waals surface area contributed by atoms with Crippen LogP contribution < -0.4 is 10.5 Å². The van der Waals surface area contributed by atoms with Crippen molar-refractivity contribution in [2.45, 2.75) is 45.1 Å². The summed E-state index contributed by atoms with van der Waals surface area (Å²) in [5, 5.41) is 14.5. The minimum atomic E-state index is -0.116. The lowest BCUT2D eigenvalue weighted by molar-refractivity contribution is 0.262. The van der Waals surface area contributed by atoms with Crippen molar-refractivity contribution >= 4 is 21.4 Å². The molecule has 2 aromatic heterocycles. The van der Waals surface area contributed by atoms with Crippen LogP contribution in [0.4, 0.5) is 5.13 Å². The largest absolute Gasteiger partial charge is 0.396 e. The van der Waals surface area contributed by atoms with Crippen LogP contribution in [0.1, 0.15) is 38.3 Å². The van der Waals surface area contributed by atoms with Gasteiger partial charge in [0.15, 0.2) is 0 Å². The number of rotatable bonds is 4. The van der Waals surface area contributed by atoms with E-state index >= 15 is 0 Å². The van der Waals surface area contributed by atoms with E-state index in [1.165, 1.54) is 22.3 Å². The van der Waals surface area contributed by atoms with E-state index in [-0.39, 0.29) is 12.2 Å². The van der Waals surface area contributed by atoms with Crippen molar-refractivity contribution < 1.29 is 5.11 Å². The molecule has 3 rings (SSSR count). The molecular formula is C14H20N4O2S. The highest BCUT2D eigenvalue weighted by atomic mass is 32.1. The van der Waals surface area contributed by atoms with E-state index in [1.807, 2.05) is 6.92 Å². The highest BCUT2D eigenvalue weighted by Gasteiger charge is 2.25. The molecule has 6 nitrogen and oxygen atoms in total. The molecule has 1 aliphatic rings. The zero-order chi connectivity index (χ0) is 14.8. The van der Waals surface area contributed by atoms with Crippen LogP contribution in [0.2, 0.25) is 0 Å². The number of aliphatic hydroxyl groups excluding tert-OH is 1. The van der Waals surface area contributed by atoms with Gasteiger partial charge in [-0.25, -0.2) is 4.98 Å². The highest BCUT2D eigenvalue weighted by Crippen LogP contribution is 2.29. The van der Waals surface area contributed by atoms with E-state index in [2.05, 4.69) is 15.0 Å². The molecule has 0 saturated carbocycles. The average Bonchev–Trinajstić information content (AvgIpc) is 2.92. The molecule has 0 spiro atoms. The third-order valence-electron chi connectivity index (χ3n) is 3.98. The summed E-state index contributed by atoms with van der Waals surface area (Å²) in [6, 6.07) is 1.86. The number of aromatic nitrogens is 3. The summed E-state index contributed by atoms with van der Waals surface area (Å²) in [6.07, 6.45) is 4.87. The second-order valence-electron chi connectivity index (χ2n) is 5.37. The molecule has 0 bridgehead atoms. The van der Waals surface area contributed by atoms with E-state index in [9.17, 15) is 9.90 Å². The van der Waals surface area contributed by atoms with Gasteiger partial charge < -0.3 is 10.0 Å². The third kappa shape index (κ3) is 2.80. The van der Waals surface area contributed by atoms with Gasteiger partial charge in [0, 0.05) is 31.0 Å². The van der Waals surface area contributed by atoms with Crippen molar-refractivity contribution in [3.8, 4) is 0 Å². The summed E-state index contributed by atoms with van der Waals surface area (Å²) < 4.78 is 1.39. The van der Waals surface area contributed by atoms with Crippen molar-refractivity contribution in [3.63, 3.8) is 0 Å². The van der Waals surface area contributed by atoms with Gasteiger partial charge in [-0.1, -0.05) is 18.3 Å². The number of hydrogen-bond donors (Lipinski definition) is 1. The number of hydrogen-bond acceptors (Lipinski definition) is 6. The lowest BCUT2D eigenvalue weighted by Crippen LogP contribution is -2.40. The zero-order valence-corrected chi connectivity index (χ0v) is 13.0. The van der Waals surface area contributed by atoms with Crippen LogP contribution in [0.5, 0.6) is 0 Å². The van der Waals surface area contributed by atoms with Gasteiger partial charge in [0.05, 0.1) is 0 Å². The lowest BCUT2D eigenvalue weighted by atomic mass is 10.0. The molecule has 0 amide bonds. The maximum absolute atomic E-state index is 12.1. The maximum atomic E-state index is 12.1. The van der Waals surface area contributed by atoms with Crippen molar-refractivity contribution in [3.05, 3.63) is 22.1 Å². The van der Waals surface area contributed by atoms with Gasteiger partial charge in [-0.15, -0.1) is 5.10 Å². The molecule has 1 aliphatic heterocycles. The first-order valence-electron chi connectivity index (χ1n) is 7.50. The Morgan fingerprint density at radius 1 is 1.48 bits per heavy atom. The van der Waals surface area contributed by atoms with Gasteiger partial charge >= 0.3 is 0 Å². The smallest absolute Gasteiger partial charge is 0.275 e. The van der Waals surface area contributed by atoms with Crippen LogP contribution in [0.15, 0.2) is 10.9 Å². The number of anilines is 1. The standard InChI is InChI=1S/C14H20N4O2S/c1-2-10-9-12(20)18-13(15-10)21-14(16-18)17-7-4-3-5-11(17)6-8-19/h9,11,19H,2-8H2,1H3. The third-order valence-corrected chi connectivity index (χ3v) is 4.93. The molecule has 1 atom stereocenters. The Morgan fingerprint density at radius 3 is 3.10 bits per heavy atom. The Kier molecular flexibility index (Phi) is 4.21. The van der Waals surface area contributed by atoms with Crippen molar-refractivity contribution in [1.29, 1.82) is 0 Å². The quantitative estimate of drug-likeness (QED) is 0.926. The summed E-state index contributed by atoms with van der Waals surface area (Å²) in [7, 11) is 0.